The van der Waals surface area contributed by atoms with E-state index in [4.69, 9.17) is 4.98 Å². The molecule has 0 amide bonds. The van der Waals surface area contributed by atoms with Crippen molar-refractivity contribution < 1.29 is 0 Å². The predicted octanol–water partition coefficient (Wildman–Crippen LogP) is 5.08. The van der Waals surface area contributed by atoms with E-state index >= 15 is 0 Å². The summed E-state index contributed by atoms with van der Waals surface area (Å²) in [4.78, 5) is 4.86. The average molecular weight is 335 g/mol. The van der Waals surface area contributed by atoms with Crippen molar-refractivity contribution in [3.05, 3.63) is 40.5 Å². The van der Waals surface area contributed by atoms with Crippen molar-refractivity contribution in [2.24, 2.45) is 5.92 Å². The number of aromatic nitrogens is 1. The van der Waals surface area contributed by atoms with Gasteiger partial charge in [-0.05, 0) is 53.4 Å². The number of halogens is 1. The third-order valence-electron chi connectivity index (χ3n) is 3.52. The van der Waals surface area contributed by atoms with Gasteiger partial charge in [0.05, 0.1) is 17.3 Å². The van der Waals surface area contributed by atoms with E-state index in [1.54, 1.807) is 0 Å². The molecule has 0 saturated carbocycles. The van der Waals surface area contributed by atoms with Crippen molar-refractivity contribution in [1.82, 2.24) is 10.3 Å². The normalized spacial score (nSPS) is 13.1. The third kappa shape index (κ3) is 3.80. The van der Waals surface area contributed by atoms with Gasteiger partial charge in [-0.15, -0.1) is 0 Å². The number of fused-ring (bicyclic) bond motifs is 1. The van der Waals surface area contributed by atoms with Gasteiger partial charge in [0.15, 0.2) is 0 Å². The third-order valence-corrected chi connectivity index (χ3v) is 4.15. The maximum Gasteiger partial charge on any atom is 0.0722 e. The summed E-state index contributed by atoms with van der Waals surface area (Å²) in [6.45, 7) is 7.65. The van der Waals surface area contributed by atoms with E-state index < -0.39 is 0 Å². The molecule has 0 spiro atoms. The highest BCUT2D eigenvalue weighted by Crippen LogP contribution is 2.29. The minimum absolute atomic E-state index is 0.321. The van der Waals surface area contributed by atoms with E-state index in [9.17, 15) is 0 Å². The molecule has 0 radical (unpaired) electrons. The molecule has 2 nitrogen and oxygen atoms in total. The van der Waals surface area contributed by atoms with Gasteiger partial charge < -0.3 is 5.32 Å². The molecular formula is C17H23BrN2. The molecule has 1 aromatic heterocycles. The van der Waals surface area contributed by atoms with Gasteiger partial charge in [0.25, 0.3) is 0 Å². The molecule has 0 fully saturated rings. The highest BCUT2D eigenvalue weighted by atomic mass is 79.9. The lowest BCUT2D eigenvalue weighted by Gasteiger charge is -2.20. The highest BCUT2D eigenvalue weighted by Gasteiger charge is 2.16. The van der Waals surface area contributed by atoms with Gasteiger partial charge in [-0.1, -0.05) is 39.0 Å². The van der Waals surface area contributed by atoms with Crippen molar-refractivity contribution in [2.75, 3.05) is 6.54 Å². The van der Waals surface area contributed by atoms with Gasteiger partial charge in [-0.25, -0.2) is 4.98 Å². The summed E-state index contributed by atoms with van der Waals surface area (Å²) in [5.41, 5.74) is 2.20. The Hall–Kier alpha value is -0.930. The summed E-state index contributed by atoms with van der Waals surface area (Å²) in [6.07, 6.45) is 2.33. The Labute approximate surface area is 130 Å². The van der Waals surface area contributed by atoms with Crippen LogP contribution in [-0.2, 0) is 0 Å². The maximum atomic E-state index is 4.86. The zero-order chi connectivity index (χ0) is 14.5. The van der Waals surface area contributed by atoms with E-state index in [0.717, 1.165) is 34.6 Å². The summed E-state index contributed by atoms with van der Waals surface area (Å²) in [7, 11) is 0. The summed E-state index contributed by atoms with van der Waals surface area (Å²) in [5.74, 6) is 0.718. The molecule has 1 heterocycles. The first-order valence-electron chi connectivity index (χ1n) is 7.40. The molecule has 2 aromatic rings. The summed E-state index contributed by atoms with van der Waals surface area (Å²) in [5, 5.41) is 4.75. The molecule has 1 atom stereocenters. The summed E-state index contributed by atoms with van der Waals surface area (Å²) >= 11 is 3.69. The quantitative estimate of drug-likeness (QED) is 0.796. The molecule has 108 valence electrons. The van der Waals surface area contributed by atoms with Crippen LogP contribution in [0.1, 0.15) is 45.3 Å². The lowest BCUT2D eigenvalue weighted by Crippen LogP contribution is -2.22. The number of rotatable bonds is 6. The number of hydrogen-bond donors (Lipinski definition) is 1. The lowest BCUT2D eigenvalue weighted by atomic mass is 10.00. The zero-order valence-electron chi connectivity index (χ0n) is 12.5. The molecule has 1 aromatic carbocycles. The number of pyridine rings is 1. The minimum atomic E-state index is 0.321. The Balaban J connectivity index is 2.33. The van der Waals surface area contributed by atoms with Crippen LogP contribution in [-0.4, -0.2) is 11.5 Å². The Morgan fingerprint density at radius 2 is 1.95 bits per heavy atom. The van der Waals surface area contributed by atoms with Crippen LogP contribution >= 0.6 is 15.9 Å². The smallest absolute Gasteiger partial charge is 0.0722 e. The number of nitrogens with one attached hydrogen (secondary N) is 1. The molecule has 0 bridgehead atoms. The Morgan fingerprint density at radius 1 is 1.20 bits per heavy atom. The van der Waals surface area contributed by atoms with Crippen molar-refractivity contribution in [3.63, 3.8) is 0 Å². The van der Waals surface area contributed by atoms with E-state index in [0.29, 0.717) is 6.04 Å². The molecule has 1 N–H and O–H groups in total. The standard InChI is InChI=1S/C17H23BrN2/c1-4-19-16(10-9-12(2)3)17-14(18)11-13-7-5-6-8-15(13)20-17/h5-8,11-12,16,19H,4,9-10H2,1-3H3. The van der Waals surface area contributed by atoms with Crippen molar-refractivity contribution in [1.29, 1.82) is 0 Å². The van der Waals surface area contributed by atoms with Crippen LogP contribution < -0.4 is 5.32 Å². The van der Waals surface area contributed by atoms with Gasteiger partial charge in [0.2, 0.25) is 0 Å². The van der Waals surface area contributed by atoms with Crippen LogP contribution in [0.2, 0.25) is 0 Å². The summed E-state index contributed by atoms with van der Waals surface area (Å²) < 4.78 is 1.10. The molecular weight excluding hydrogens is 312 g/mol. The van der Waals surface area contributed by atoms with Crippen LogP contribution in [0.3, 0.4) is 0 Å². The first-order chi connectivity index (χ1) is 9.61. The van der Waals surface area contributed by atoms with Crippen LogP contribution in [0, 0.1) is 5.92 Å². The van der Waals surface area contributed by atoms with E-state index in [1.165, 1.54) is 11.8 Å². The fourth-order valence-corrected chi connectivity index (χ4v) is 3.04. The SMILES string of the molecule is CCNC(CCC(C)C)c1nc2ccccc2cc1Br. The van der Waals surface area contributed by atoms with E-state index in [1.807, 2.05) is 6.07 Å². The van der Waals surface area contributed by atoms with Crippen LogP contribution in [0.5, 0.6) is 0 Å². The molecule has 1 unspecified atom stereocenters. The maximum absolute atomic E-state index is 4.86. The summed E-state index contributed by atoms with van der Waals surface area (Å²) in [6, 6.07) is 10.8. The molecule has 0 aliphatic rings. The average Bonchev–Trinajstić information content (AvgIpc) is 2.42. The predicted molar refractivity (Wildman–Crippen MR) is 89.9 cm³/mol. The topological polar surface area (TPSA) is 24.9 Å². The largest absolute Gasteiger partial charge is 0.309 e. The first kappa shape index (κ1) is 15.5. The number of benzene rings is 1. The Kier molecular flexibility index (Phi) is 5.55. The van der Waals surface area contributed by atoms with Crippen molar-refractivity contribution >= 4 is 26.8 Å². The zero-order valence-corrected chi connectivity index (χ0v) is 14.1. The van der Waals surface area contributed by atoms with E-state index in [-0.39, 0.29) is 0 Å². The van der Waals surface area contributed by atoms with Crippen LogP contribution in [0.25, 0.3) is 10.9 Å². The molecule has 3 heteroatoms. The Bertz CT molecular complexity index is 566. The Morgan fingerprint density at radius 3 is 2.65 bits per heavy atom. The first-order valence-corrected chi connectivity index (χ1v) is 8.19. The monoisotopic (exact) mass is 334 g/mol. The van der Waals surface area contributed by atoms with Gasteiger partial charge in [0, 0.05) is 9.86 Å². The number of nitrogens with zero attached hydrogens (tertiary/aromatic N) is 1. The molecule has 0 aliphatic carbocycles. The molecule has 20 heavy (non-hydrogen) atoms. The second kappa shape index (κ2) is 7.19. The molecule has 0 saturated heterocycles. The second-order valence-corrected chi connectivity index (χ2v) is 6.48. The fraction of sp³-hybridized carbons (Fsp3) is 0.471. The van der Waals surface area contributed by atoms with Crippen LogP contribution in [0.4, 0.5) is 0 Å². The van der Waals surface area contributed by atoms with E-state index in [2.05, 4.69) is 66.3 Å². The van der Waals surface area contributed by atoms with Gasteiger partial charge in [-0.2, -0.15) is 0 Å². The minimum Gasteiger partial charge on any atom is -0.309 e. The molecule has 0 aliphatic heterocycles. The van der Waals surface area contributed by atoms with Crippen LogP contribution in [0.15, 0.2) is 34.8 Å². The van der Waals surface area contributed by atoms with Crippen molar-refractivity contribution in [3.8, 4) is 0 Å². The lowest BCUT2D eigenvalue weighted by molar-refractivity contribution is 0.441. The fourth-order valence-electron chi connectivity index (χ4n) is 2.43. The number of hydrogen-bond acceptors (Lipinski definition) is 2. The molecule has 2 rings (SSSR count). The van der Waals surface area contributed by atoms with Gasteiger partial charge >= 0.3 is 0 Å². The number of para-hydroxylation sites is 1. The van der Waals surface area contributed by atoms with Gasteiger partial charge in [0.1, 0.15) is 0 Å². The second-order valence-electron chi connectivity index (χ2n) is 5.63. The van der Waals surface area contributed by atoms with Crippen molar-refractivity contribution in [2.45, 2.75) is 39.7 Å². The highest BCUT2D eigenvalue weighted by molar-refractivity contribution is 9.10. The van der Waals surface area contributed by atoms with Gasteiger partial charge in [-0.3, -0.25) is 0 Å².